The normalized spacial score (nSPS) is 9.92. The van der Waals surface area contributed by atoms with Gasteiger partial charge in [-0.2, -0.15) is 5.26 Å². The number of hydrogen-bond acceptors (Lipinski definition) is 2. The van der Waals surface area contributed by atoms with E-state index in [2.05, 4.69) is 11.1 Å². The Balaban J connectivity index is 2.77. The van der Waals surface area contributed by atoms with Crippen LogP contribution in [0.5, 0.6) is 0 Å². The molecule has 0 saturated carbocycles. The van der Waals surface area contributed by atoms with Gasteiger partial charge in [-0.15, -0.1) is 0 Å². The van der Waals surface area contributed by atoms with E-state index in [0.717, 1.165) is 11.2 Å². The molecule has 0 fully saturated rings. The van der Waals surface area contributed by atoms with Crippen molar-refractivity contribution >= 4 is 19.1 Å². The zero-order chi connectivity index (χ0) is 8.55. The fourth-order valence-electron chi connectivity index (χ4n) is 1.18. The number of pyridine rings is 1. The maximum Gasteiger partial charge on any atom is 0.166 e. The van der Waals surface area contributed by atoms with Gasteiger partial charge in [-0.25, -0.2) is 4.98 Å². The van der Waals surface area contributed by atoms with Crippen LogP contribution in [0.4, 0.5) is 0 Å². The Morgan fingerprint density at radius 3 is 3.00 bits per heavy atom. The lowest BCUT2D eigenvalue weighted by atomic mass is 10.1. The maximum absolute atomic E-state index is 8.62. The molecule has 56 valence electrons. The molecule has 0 amide bonds. The molecule has 0 unspecified atom stereocenters. The van der Waals surface area contributed by atoms with Crippen LogP contribution in [0.3, 0.4) is 0 Å². The van der Waals surface area contributed by atoms with E-state index in [1.54, 1.807) is 12.3 Å². The summed E-state index contributed by atoms with van der Waals surface area (Å²) in [4.78, 5) is 4.24. The molecule has 0 N–H and O–H groups in total. The Hall–Kier alpha value is -1.76. The Kier molecular flexibility index (Phi) is 1.37. The lowest BCUT2D eigenvalue weighted by Gasteiger charge is -1.91. The number of hydrogen-bond donors (Lipinski definition) is 0. The Labute approximate surface area is 70.7 Å². The number of rotatable bonds is 0. The van der Waals surface area contributed by atoms with Crippen molar-refractivity contribution in [1.82, 2.24) is 9.38 Å². The molecule has 4 heteroatoms. The fraction of sp³-hybridized carbons (Fsp3) is 0. The molecular weight excluding hydrogens is 149 g/mol. The van der Waals surface area contributed by atoms with E-state index < -0.39 is 0 Å². The molecule has 3 nitrogen and oxygen atoms in total. The van der Waals surface area contributed by atoms with Gasteiger partial charge in [-0.1, -0.05) is 0 Å². The predicted octanol–water partition coefficient (Wildman–Crippen LogP) is -0.536. The molecule has 2 rings (SSSR count). The molecule has 0 saturated heterocycles. The average Bonchev–Trinajstić information content (AvgIpc) is 2.43. The second-order valence-corrected chi connectivity index (χ2v) is 2.68. The molecule has 0 radical (unpaired) electrons. The summed E-state index contributed by atoms with van der Waals surface area (Å²) in [6.07, 6.45) is 3.67. The largest absolute Gasteiger partial charge is 0.306 e. The van der Waals surface area contributed by atoms with E-state index in [1.807, 2.05) is 24.5 Å². The summed E-state index contributed by atoms with van der Waals surface area (Å²) in [7, 11) is 1.93. The number of nitriles is 1. The van der Waals surface area contributed by atoms with Crippen LogP contribution >= 0.6 is 0 Å². The zero-order valence-electron chi connectivity index (χ0n) is 6.65. The SMILES string of the molecule is Bc1cn2cc(C#N)ccc2n1. The zero-order valence-corrected chi connectivity index (χ0v) is 6.65. The van der Waals surface area contributed by atoms with E-state index >= 15 is 0 Å². The molecule has 0 aliphatic carbocycles. The smallest absolute Gasteiger partial charge is 0.166 e. The highest BCUT2D eigenvalue weighted by molar-refractivity contribution is 6.30. The van der Waals surface area contributed by atoms with Crippen molar-refractivity contribution < 1.29 is 0 Å². The third-order valence-corrected chi connectivity index (χ3v) is 1.70. The summed E-state index contributed by atoms with van der Waals surface area (Å²) in [5, 5.41) is 8.62. The molecule has 0 spiro atoms. The van der Waals surface area contributed by atoms with Crippen LogP contribution in [0.2, 0.25) is 0 Å². The fourth-order valence-corrected chi connectivity index (χ4v) is 1.18. The second kappa shape index (κ2) is 2.38. The molecule has 0 aromatic carbocycles. The lowest BCUT2D eigenvalue weighted by molar-refractivity contribution is 1.17. The Morgan fingerprint density at radius 1 is 1.42 bits per heavy atom. The molecule has 0 aliphatic rings. The summed E-state index contributed by atoms with van der Waals surface area (Å²) in [6.45, 7) is 0. The minimum Gasteiger partial charge on any atom is -0.306 e. The maximum atomic E-state index is 8.62. The summed E-state index contributed by atoms with van der Waals surface area (Å²) in [5.41, 5.74) is 2.50. The van der Waals surface area contributed by atoms with Gasteiger partial charge < -0.3 is 4.40 Å². The number of nitrogens with zero attached hydrogens (tertiary/aromatic N) is 3. The van der Waals surface area contributed by atoms with Gasteiger partial charge in [0, 0.05) is 18.0 Å². The van der Waals surface area contributed by atoms with Crippen LogP contribution in [0.15, 0.2) is 24.5 Å². The number of imidazole rings is 1. The first-order valence-electron chi connectivity index (χ1n) is 3.65. The van der Waals surface area contributed by atoms with Crippen LogP contribution in [0.1, 0.15) is 5.56 Å². The topological polar surface area (TPSA) is 41.1 Å². The van der Waals surface area contributed by atoms with Gasteiger partial charge >= 0.3 is 0 Å². The summed E-state index contributed by atoms with van der Waals surface area (Å²) >= 11 is 0. The first-order chi connectivity index (χ1) is 5.79. The molecular formula is C8H6BN3. The third kappa shape index (κ3) is 0.959. The molecule has 0 bridgehead atoms. The van der Waals surface area contributed by atoms with Crippen molar-refractivity contribution in [3.8, 4) is 6.07 Å². The van der Waals surface area contributed by atoms with Crippen molar-refractivity contribution in [2.45, 2.75) is 0 Å². The molecule has 0 atom stereocenters. The third-order valence-electron chi connectivity index (χ3n) is 1.70. The van der Waals surface area contributed by atoms with Crippen molar-refractivity contribution in [2.75, 3.05) is 0 Å². The van der Waals surface area contributed by atoms with E-state index in [-0.39, 0.29) is 0 Å². The van der Waals surface area contributed by atoms with Crippen molar-refractivity contribution in [3.63, 3.8) is 0 Å². The Morgan fingerprint density at radius 2 is 2.25 bits per heavy atom. The van der Waals surface area contributed by atoms with Crippen molar-refractivity contribution in [1.29, 1.82) is 5.26 Å². The number of fused-ring (bicyclic) bond motifs is 1. The highest BCUT2D eigenvalue weighted by Gasteiger charge is 1.97. The van der Waals surface area contributed by atoms with E-state index in [0.29, 0.717) is 5.56 Å². The van der Waals surface area contributed by atoms with E-state index in [9.17, 15) is 0 Å². The molecule has 12 heavy (non-hydrogen) atoms. The standard InChI is InChI=1S/C8H6BN3/c9-7-5-12-4-6(3-10)1-2-8(12)11-7/h1-2,4-5H,9H2. The highest BCUT2D eigenvalue weighted by atomic mass is 15.0. The van der Waals surface area contributed by atoms with Gasteiger partial charge in [-0.3, -0.25) is 0 Å². The highest BCUT2D eigenvalue weighted by Crippen LogP contribution is 2.01. The van der Waals surface area contributed by atoms with Crippen molar-refractivity contribution in [2.24, 2.45) is 0 Å². The molecule has 2 aromatic heterocycles. The van der Waals surface area contributed by atoms with Crippen molar-refractivity contribution in [3.05, 3.63) is 30.1 Å². The van der Waals surface area contributed by atoms with Crippen LogP contribution in [0.25, 0.3) is 5.65 Å². The summed E-state index contributed by atoms with van der Waals surface area (Å²) in [5.74, 6) is 0. The Bertz CT molecular complexity index is 467. The van der Waals surface area contributed by atoms with Crippen LogP contribution in [-0.4, -0.2) is 17.2 Å². The van der Waals surface area contributed by atoms with E-state index in [4.69, 9.17) is 5.26 Å². The molecule has 0 aliphatic heterocycles. The quantitative estimate of drug-likeness (QED) is 0.479. The van der Waals surface area contributed by atoms with Gasteiger partial charge in [0.1, 0.15) is 11.7 Å². The van der Waals surface area contributed by atoms with Gasteiger partial charge in [-0.05, 0) is 12.1 Å². The summed E-state index contributed by atoms with van der Waals surface area (Å²) < 4.78 is 1.86. The first-order valence-corrected chi connectivity index (χ1v) is 3.65. The predicted molar refractivity (Wildman–Crippen MR) is 48.1 cm³/mol. The van der Waals surface area contributed by atoms with Crippen LogP contribution in [-0.2, 0) is 0 Å². The molecule has 2 heterocycles. The minimum absolute atomic E-state index is 0.653. The van der Waals surface area contributed by atoms with E-state index in [1.165, 1.54) is 0 Å². The average molecular weight is 155 g/mol. The van der Waals surface area contributed by atoms with Gasteiger partial charge in [0.05, 0.1) is 5.56 Å². The molecule has 2 aromatic rings. The van der Waals surface area contributed by atoms with Gasteiger partial charge in [0.25, 0.3) is 0 Å². The summed E-state index contributed by atoms with van der Waals surface area (Å²) in [6, 6.07) is 5.68. The van der Waals surface area contributed by atoms with Gasteiger partial charge in [0.2, 0.25) is 0 Å². The van der Waals surface area contributed by atoms with Gasteiger partial charge in [0.15, 0.2) is 7.85 Å². The first kappa shape index (κ1) is 6.92. The number of aromatic nitrogens is 2. The monoisotopic (exact) mass is 155 g/mol. The van der Waals surface area contributed by atoms with Crippen LogP contribution in [0, 0.1) is 11.3 Å². The lowest BCUT2D eigenvalue weighted by Crippen LogP contribution is -1.99. The minimum atomic E-state index is 0.653. The second-order valence-electron chi connectivity index (χ2n) is 2.68. The van der Waals surface area contributed by atoms with Crippen LogP contribution < -0.4 is 5.59 Å².